The third-order valence-corrected chi connectivity index (χ3v) is 5.40. The molecule has 29 heavy (non-hydrogen) atoms. The monoisotopic (exact) mass is 401 g/mol. The van der Waals surface area contributed by atoms with Crippen LogP contribution in [0.4, 0.5) is 18.9 Å². The first kappa shape index (κ1) is 19.2. The zero-order valence-corrected chi connectivity index (χ0v) is 15.4. The minimum Gasteiger partial charge on any atom is -0.508 e. The van der Waals surface area contributed by atoms with Crippen molar-refractivity contribution in [2.45, 2.75) is 37.8 Å². The molecule has 0 saturated heterocycles. The molecule has 0 radical (unpaired) electrons. The average Bonchev–Trinajstić information content (AvgIpc) is 2.67. The number of carbonyl (C=O) groups excluding carboxylic acids is 2. The standard InChI is InChI=1S/C22H18F3NO3/c23-22(24,25)14-3-1-4-15(11-14)26-18-5-2-6-19(28)21(18)17(12-20(26)29)13-7-9-16(27)10-8-13/h1,3-4,7-11,17,27H,2,5-6,12H2. The molecule has 2 aromatic rings. The summed E-state index contributed by atoms with van der Waals surface area (Å²) in [5.74, 6) is -0.830. The average molecular weight is 401 g/mol. The van der Waals surface area contributed by atoms with Gasteiger partial charge in [-0.1, -0.05) is 18.2 Å². The molecule has 1 atom stereocenters. The number of anilines is 1. The molecule has 0 saturated carbocycles. The Bertz CT molecular complexity index is 1010. The maximum absolute atomic E-state index is 13.2. The fraction of sp³-hybridized carbons (Fsp3) is 0.273. The Kier molecular flexibility index (Phi) is 4.68. The fourth-order valence-corrected chi connectivity index (χ4v) is 4.11. The van der Waals surface area contributed by atoms with Gasteiger partial charge in [0.05, 0.1) is 5.56 Å². The Balaban J connectivity index is 1.84. The summed E-state index contributed by atoms with van der Waals surface area (Å²) < 4.78 is 39.5. The van der Waals surface area contributed by atoms with E-state index in [-0.39, 0.29) is 29.5 Å². The van der Waals surface area contributed by atoms with Gasteiger partial charge in [0.15, 0.2) is 5.78 Å². The number of alkyl halides is 3. The summed E-state index contributed by atoms with van der Waals surface area (Å²) in [7, 11) is 0. The zero-order chi connectivity index (χ0) is 20.8. The van der Waals surface area contributed by atoms with Gasteiger partial charge in [-0.15, -0.1) is 0 Å². The molecule has 1 N–H and O–H groups in total. The molecule has 1 aliphatic carbocycles. The molecule has 150 valence electrons. The number of benzene rings is 2. The van der Waals surface area contributed by atoms with Gasteiger partial charge in [-0.05, 0) is 48.7 Å². The zero-order valence-electron chi connectivity index (χ0n) is 15.4. The van der Waals surface area contributed by atoms with Crippen LogP contribution >= 0.6 is 0 Å². The van der Waals surface area contributed by atoms with E-state index in [0.29, 0.717) is 30.5 Å². The number of halogens is 3. The van der Waals surface area contributed by atoms with Crippen LogP contribution in [-0.2, 0) is 15.8 Å². The highest BCUT2D eigenvalue weighted by molar-refractivity contribution is 6.07. The van der Waals surface area contributed by atoms with Crippen molar-refractivity contribution < 1.29 is 27.9 Å². The van der Waals surface area contributed by atoms with Crippen molar-refractivity contribution >= 4 is 17.4 Å². The maximum atomic E-state index is 13.2. The van der Waals surface area contributed by atoms with Crippen molar-refractivity contribution in [2.75, 3.05) is 4.90 Å². The summed E-state index contributed by atoms with van der Waals surface area (Å²) >= 11 is 0. The van der Waals surface area contributed by atoms with Gasteiger partial charge in [-0.3, -0.25) is 14.5 Å². The number of ketones is 1. The van der Waals surface area contributed by atoms with Gasteiger partial charge in [0.1, 0.15) is 5.75 Å². The second-order valence-corrected chi connectivity index (χ2v) is 7.26. The minimum absolute atomic E-state index is 0.0222. The molecule has 4 rings (SSSR count). The smallest absolute Gasteiger partial charge is 0.416 e. The molecule has 1 unspecified atom stereocenters. The van der Waals surface area contributed by atoms with Crippen molar-refractivity contribution in [2.24, 2.45) is 0 Å². The highest BCUT2D eigenvalue weighted by Crippen LogP contribution is 2.44. The maximum Gasteiger partial charge on any atom is 0.416 e. The van der Waals surface area contributed by atoms with E-state index < -0.39 is 17.7 Å². The number of nitrogens with zero attached hydrogens (tertiary/aromatic N) is 1. The van der Waals surface area contributed by atoms with E-state index in [2.05, 4.69) is 0 Å². The van der Waals surface area contributed by atoms with Crippen LogP contribution < -0.4 is 4.90 Å². The quantitative estimate of drug-likeness (QED) is 0.776. The normalized spacial score (nSPS) is 20.1. The largest absolute Gasteiger partial charge is 0.508 e. The Morgan fingerprint density at radius 3 is 2.41 bits per heavy atom. The first-order valence-electron chi connectivity index (χ1n) is 9.31. The van der Waals surface area contributed by atoms with E-state index in [1.165, 1.54) is 29.2 Å². The number of carbonyl (C=O) groups is 2. The van der Waals surface area contributed by atoms with Crippen LogP contribution in [0.25, 0.3) is 0 Å². The summed E-state index contributed by atoms with van der Waals surface area (Å²) in [5.41, 5.74) is 0.973. The van der Waals surface area contributed by atoms with Crippen LogP contribution in [0.15, 0.2) is 59.8 Å². The van der Waals surface area contributed by atoms with E-state index in [0.717, 1.165) is 17.7 Å². The number of hydrogen-bond donors (Lipinski definition) is 1. The third kappa shape index (κ3) is 3.52. The van der Waals surface area contributed by atoms with Gasteiger partial charge in [0.2, 0.25) is 5.91 Å². The predicted octanol–water partition coefficient (Wildman–Crippen LogP) is 4.94. The van der Waals surface area contributed by atoms with Crippen LogP contribution in [0.5, 0.6) is 5.75 Å². The lowest BCUT2D eigenvalue weighted by atomic mass is 9.77. The van der Waals surface area contributed by atoms with Gasteiger partial charge in [-0.2, -0.15) is 13.2 Å². The second kappa shape index (κ2) is 7.06. The molecule has 1 aliphatic heterocycles. The second-order valence-electron chi connectivity index (χ2n) is 7.26. The Labute approximate surface area is 165 Å². The van der Waals surface area contributed by atoms with E-state index in [1.54, 1.807) is 12.1 Å². The number of allylic oxidation sites excluding steroid dienone is 2. The van der Waals surface area contributed by atoms with Gasteiger partial charge in [-0.25, -0.2) is 0 Å². The van der Waals surface area contributed by atoms with Crippen molar-refractivity contribution in [3.05, 3.63) is 70.9 Å². The van der Waals surface area contributed by atoms with Crippen molar-refractivity contribution in [3.8, 4) is 5.75 Å². The molecular formula is C22H18F3NO3. The molecular weight excluding hydrogens is 383 g/mol. The van der Waals surface area contributed by atoms with Gasteiger partial charge >= 0.3 is 6.18 Å². The van der Waals surface area contributed by atoms with E-state index in [1.807, 2.05) is 0 Å². The van der Waals surface area contributed by atoms with Crippen molar-refractivity contribution in [1.82, 2.24) is 0 Å². The lowest BCUT2D eigenvalue weighted by molar-refractivity contribution is -0.137. The number of phenolic OH excluding ortho intramolecular Hbond substituents is 1. The van der Waals surface area contributed by atoms with Crippen molar-refractivity contribution in [1.29, 1.82) is 0 Å². The highest BCUT2D eigenvalue weighted by Gasteiger charge is 2.40. The molecule has 2 aliphatic rings. The lowest BCUT2D eigenvalue weighted by Crippen LogP contribution is -2.40. The summed E-state index contributed by atoms with van der Waals surface area (Å²) in [4.78, 5) is 27.1. The number of phenols is 1. The topological polar surface area (TPSA) is 57.6 Å². The first-order chi connectivity index (χ1) is 13.8. The minimum atomic E-state index is -4.52. The predicted molar refractivity (Wildman–Crippen MR) is 100 cm³/mol. The van der Waals surface area contributed by atoms with Gasteiger partial charge < -0.3 is 5.11 Å². The van der Waals surface area contributed by atoms with Crippen molar-refractivity contribution in [3.63, 3.8) is 0 Å². The highest BCUT2D eigenvalue weighted by atomic mass is 19.4. The molecule has 7 heteroatoms. The number of rotatable bonds is 2. The molecule has 1 heterocycles. The molecule has 0 spiro atoms. The van der Waals surface area contributed by atoms with Gasteiger partial charge in [0, 0.05) is 35.7 Å². The van der Waals surface area contributed by atoms with Crippen LogP contribution in [0.3, 0.4) is 0 Å². The van der Waals surface area contributed by atoms with Crippen LogP contribution in [0.1, 0.15) is 42.7 Å². The number of aromatic hydroxyl groups is 1. The van der Waals surface area contributed by atoms with E-state index in [9.17, 15) is 27.9 Å². The third-order valence-electron chi connectivity index (χ3n) is 5.40. The molecule has 0 aromatic heterocycles. The molecule has 1 amide bonds. The van der Waals surface area contributed by atoms with Crippen LogP contribution in [-0.4, -0.2) is 16.8 Å². The number of hydrogen-bond acceptors (Lipinski definition) is 3. The summed E-state index contributed by atoms with van der Waals surface area (Å²) in [6.45, 7) is 0. The van der Waals surface area contributed by atoms with E-state index >= 15 is 0 Å². The van der Waals surface area contributed by atoms with E-state index in [4.69, 9.17) is 0 Å². The Morgan fingerprint density at radius 2 is 1.72 bits per heavy atom. The molecule has 2 aromatic carbocycles. The summed E-state index contributed by atoms with van der Waals surface area (Å²) in [6.07, 6.45) is -3.22. The SMILES string of the molecule is O=C1CCCC2=C1C(c1ccc(O)cc1)CC(=O)N2c1cccc(C(F)(F)F)c1. The Morgan fingerprint density at radius 1 is 1.00 bits per heavy atom. The molecule has 0 fully saturated rings. The van der Waals surface area contributed by atoms with Gasteiger partial charge in [0.25, 0.3) is 0 Å². The number of amides is 1. The molecule has 0 bridgehead atoms. The summed E-state index contributed by atoms with van der Waals surface area (Å²) in [6, 6.07) is 10.9. The molecule has 4 nitrogen and oxygen atoms in total. The first-order valence-corrected chi connectivity index (χ1v) is 9.31. The fourth-order valence-electron chi connectivity index (χ4n) is 4.11. The number of Topliss-reactive ketones (excluding diaryl/α,β-unsaturated/α-hetero) is 1. The van der Waals surface area contributed by atoms with Crippen LogP contribution in [0.2, 0.25) is 0 Å². The van der Waals surface area contributed by atoms with Crippen LogP contribution in [0, 0.1) is 0 Å². The lowest BCUT2D eigenvalue weighted by Gasteiger charge is -2.38. The Hall–Kier alpha value is -3.09. The summed E-state index contributed by atoms with van der Waals surface area (Å²) in [5, 5.41) is 9.53.